The molecule has 0 amide bonds. The molecule has 0 saturated heterocycles. The maximum atomic E-state index is 6.16. The summed E-state index contributed by atoms with van der Waals surface area (Å²) in [5.41, 5.74) is 9.10. The summed E-state index contributed by atoms with van der Waals surface area (Å²) >= 11 is 17.1. The van der Waals surface area contributed by atoms with Gasteiger partial charge < -0.3 is 11.1 Å². The third-order valence-electron chi connectivity index (χ3n) is 2.64. The number of aryl methyl sites for hydroxylation is 1. The monoisotopic (exact) mass is 310 g/mol. The molecule has 0 aliphatic carbocycles. The number of halogens is 2. The molecule has 0 atom stereocenters. The molecule has 0 aromatic heterocycles. The first kappa shape index (κ1) is 14.1. The lowest BCUT2D eigenvalue weighted by Gasteiger charge is -2.13. The Morgan fingerprint density at radius 2 is 1.84 bits per heavy atom. The Balaban J connectivity index is 2.43. The maximum Gasteiger partial charge on any atom is 0.106 e. The van der Waals surface area contributed by atoms with Gasteiger partial charge >= 0.3 is 0 Å². The van der Waals surface area contributed by atoms with Gasteiger partial charge in [-0.1, -0.05) is 41.5 Å². The molecule has 2 nitrogen and oxygen atoms in total. The minimum atomic E-state index is 0.286. The molecule has 0 unspecified atom stereocenters. The number of rotatable bonds is 3. The smallest absolute Gasteiger partial charge is 0.106 e. The Hall–Kier alpha value is -1.29. The third kappa shape index (κ3) is 3.38. The molecular formula is C14H12Cl2N2S. The third-order valence-corrected chi connectivity index (χ3v) is 3.42. The highest BCUT2D eigenvalue weighted by atomic mass is 35.5. The molecule has 0 aliphatic heterocycles. The van der Waals surface area contributed by atoms with Crippen molar-refractivity contribution in [1.82, 2.24) is 0 Å². The predicted octanol–water partition coefficient (Wildman–Crippen LogP) is 4.68. The van der Waals surface area contributed by atoms with Gasteiger partial charge in [0.05, 0.1) is 10.7 Å². The van der Waals surface area contributed by atoms with Crippen molar-refractivity contribution >= 4 is 51.8 Å². The van der Waals surface area contributed by atoms with Crippen LogP contribution in [0.1, 0.15) is 11.1 Å². The van der Waals surface area contributed by atoms with Crippen LogP contribution in [0.25, 0.3) is 0 Å². The molecule has 0 spiro atoms. The predicted molar refractivity (Wildman–Crippen MR) is 86.8 cm³/mol. The summed E-state index contributed by atoms with van der Waals surface area (Å²) in [7, 11) is 0. The number of nitrogens with two attached hydrogens (primary N) is 1. The van der Waals surface area contributed by atoms with Gasteiger partial charge in [-0.3, -0.25) is 0 Å². The first-order valence-corrected chi connectivity index (χ1v) is 6.76. The first-order valence-electron chi connectivity index (χ1n) is 5.60. The number of hydrogen-bond acceptors (Lipinski definition) is 2. The summed E-state index contributed by atoms with van der Waals surface area (Å²) in [6, 6.07) is 11.1. The molecule has 0 saturated carbocycles. The fourth-order valence-electron chi connectivity index (χ4n) is 1.71. The summed E-state index contributed by atoms with van der Waals surface area (Å²) in [6.07, 6.45) is 0. The fraction of sp³-hybridized carbons (Fsp3) is 0.0714. The summed E-state index contributed by atoms with van der Waals surface area (Å²) in [6.45, 7) is 2.00. The summed E-state index contributed by atoms with van der Waals surface area (Å²) in [5.74, 6) is 0. The molecule has 3 N–H and O–H groups in total. The zero-order chi connectivity index (χ0) is 14.0. The first-order chi connectivity index (χ1) is 8.97. The molecule has 2 aromatic carbocycles. The quantitative estimate of drug-likeness (QED) is 0.808. The Morgan fingerprint density at radius 3 is 2.53 bits per heavy atom. The molecule has 0 heterocycles. The highest BCUT2D eigenvalue weighted by Crippen LogP contribution is 2.29. The van der Waals surface area contributed by atoms with Gasteiger partial charge in [-0.2, -0.15) is 0 Å². The van der Waals surface area contributed by atoms with E-state index in [1.165, 1.54) is 0 Å². The van der Waals surface area contributed by atoms with Crippen molar-refractivity contribution < 1.29 is 0 Å². The minimum Gasteiger partial charge on any atom is -0.389 e. The van der Waals surface area contributed by atoms with Gasteiger partial charge in [-0.25, -0.2) is 0 Å². The van der Waals surface area contributed by atoms with Crippen LogP contribution < -0.4 is 11.1 Å². The zero-order valence-corrected chi connectivity index (χ0v) is 12.5. The van der Waals surface area contributed by atoms with Crippen LogP contribution in [0.15, 0.2) is 36.4 Å². The largest absolute Gasteiger partial charge is 0.389 e. The van der Waals surface area contributed by atoms with Gasteiger partial charge in [0, 0.05) is 16.3 Å². The van der Waals surface area contributed by atoms with Crippen molar-refractivity contribution in [1.29, 1.82) is 0 Å². The van der Waals surface area contributed by atoms with Crippen LogP contribution in [0, 0.1) is 6.92 Å². The SMILES string of the molecule is Cc1ccc(Cl)c(Nc2ccc(Cl)cc2C(N)=S)c1. The Labute approximate surface area is 127 Å². The van der Waals surface area contributed by atoms with E-state index < -0.39 is 0 Å². The average Bonchev–Trinajstić information content (AvgIpc) is 2.35. The Bertz CT molecular complexity index is 641. The topological polar surface area (TPSA) is 38.0 Å². The van der Waals surface area contributed by atoms with Crippen LogP contribution in [0.2, 0.25) is 10.0 Å². The Morgan fingerprint density at radius 1 is 1.11 bits per heavy atom. The van der Waals surface area contributed by atoms with Crippen molar-refractivity contribution in [2.75, 3.05) is 5.32 Å². The van der Waals surface area contributed by atoms with E-state index in [9.17, 15) is 0 Å². The number of hydrogen-bond donors (Lipinski definition) is 2. The molecule has 2 aromatic rings. The zero-order valence-electron chi connectivity index (χ0n) is 10.2. The van der Waals surface area contributed by atoms with Crippen LogP contribution in [-0.2, 0) is 0 Å². The molecule has 98 valence electrons. The molecule has 0 aliphatic rings. The van der Waals surface area contributed by atoms with Crippen LogP contribution in [0.4, 0.5) is 11.4 Å². The average molecular weight is 311 g/mol. The van der Waals surface area contributed by atoms with Crippen molar-refractivity contribution in [3.63, 3.8) is 0 Å². The van der Waals surface area contributed by atoms with Crippen LogP contribution in [0.3, 0.4) is 0 Å². The van der Waals surface area contributed by atoms with E-state index in [2.05, 4.69) is 5.32 Å². The van der Waals surface area contributed by atoms with Crippen LogP contribution >= 0.6 is 35.4 Å². The van der Waals surface area contributed by atoms with Crippen molar-refractivity contribution in [2.45, 2.75) is 6.92 Å². The highest BCUT2D eigenvalue weighted by molar-refractivity contribution is 7.80. The lowest BCUT2D eigenvalue weighted by atomic mass is 10.1. The minimum absolute atomic E-state index is 0.286. The van der Waals surface area contributed by atoms with Gasteiger partial charge in [0.25, 0.3) is 0 Å². The van der Waals surface area contributed by atoms with Gasteiger partial charge in [-0.05, 0) is 42.8 Å². The standard InChI is InChI=1S/C14H12Cl2N2S/c1-8-2-4-11(16)13(6-8)18-12-5-3-9(15)7-10(12)14(17)19/h2-7,18H,1H3,(H2,17,19). The van der Waals surface area contributed by atoms with Gasteiger partial charge in [0.2, 0.25) is 0 Å². The molecule has 0 bridgehead atoms. The summed E-state index contributed by atoms with van der Waals surface area (Å²) < 4.78 is 0. The molecule has 5 heteroatoms. The van der Waals surface area contributed by atoms with E-state index in [0.717, 1.165) is 16.9 Å². The molecular weight excluding hydrogens is 299 g/mol. The summed E-state index contributed by atoms with van der Waals surface area (Å²) in [4.78, 5) is 0.286. The van der Waals surface area contributed by atoms with E-state index in [1.807, 2.05) is 31.2 Å². The maximum absolute atomic E-state index is 6.16. The Kier molecular flexibility index (Phi) is 4.30. The molecule has 2 rings (SSSR count). The normalized spacial score (nSPS) is 10.3. The lowest BCUT2D eigenvalue weighted by Crippen LogP contribution is -2.12. The lowest BCUT2D eigenvalue weighted by molar-refractivity contribution is 1.44. The molecule has 19 heavy (non-hydrogen) atoms. The van der Waals surface area contributed by atoms with Crippen LogP contribution in [-0.4, -0.2) is 4.99 Å². The molecule has 0 fully saturated rings. The number of benzene rings is 2. The van der Waals surface area contributed by atoms with E-state index in [1.54, 1.807) is 12.1 Å². The fourth-order valence-corrected chi connectivity index (χ4v) is 2.22. The second-order valence-corrected chi connectivity index (χ2v) is 5.45. The number of thiocarbonyl (C=S) groups is 1. The highest BCUT2D eigenvalue weighted by Gasteiger charge is 2.08. The van der Waals surface area contributed by atoms with Gasteiger partial charge in [0.1, 0.15) is 4.99 Å². The summed E-state index contributed by atoms with van der Waals surface area (Å²) in [5, 5.41) is 4.45. The van der Waals surface area contributed by atoms with E-state index in [4.69, 9.17) is 41.2 Å². The second kappa shape index (κ2) is 5.78. The van der Waals surface area contributed by atoms with Crippen molar-refractivity contribution in [3.8, 4) is 0 Å². The van der Waals surface area contributed by atoms with Crippen molar-refractivity contribution in [2.24, 2.45) is 5.73 Å². The van der Waals surface area contributed by atoms with E-state index in [0.29, 0.717) is 15.6 Å². The second-order valence-electron chi connectivity index (χ2n) is 4.16. The number of nitrogens with one attached hydrogen (secondary N) is 1. The van der Waals surface area contributed by atoms with E-state index in [-0.39, 0.29) is 4.99 Å². The van der Waals surface area contributed by atoms with Gasteiger partial charge in [-0.15, -0.1) is 0 Å². The molecule has 0 radical (unpaired) electrons. The van der Waals surface area contributed by atoms with Gasteiger partial charge in [0.15, 0.2) is 0 Å². The van der Waals surface area contributed by atoms with Crippen LogP contribution in [0.5, 0.6) is 0 Å². The number of anilines is 2. The van der Waals surface area contributed by atoms with E-state index >= 15 is 0 Å². The van der Waals surface area contributed by atoms with Crippen molar-refractivity contribution in [3.05, 3.63) is 57.6 Å².